The minimum absolute atomic E-state index is 0.457. The molecule has 0 spiro atoms. The SMILES string of the molecule is Cc1cc(C(C)O)ccc1OC(C)C#N. The second kappa shape index (κ2) is 4.81. The average molecular weight is 205 g/mol. The molecular formula is C12H15NO2. The standard InChI is InChI=1S/C12H15NO2/c1-8-6-11(10(3)14)4-5-12(8)15-9(2)7-13/h4-6,9-10,14H,1-3H3. The minimum atomic E-state index is -0.480. The van der Waals surface area contributed by atoms with Crippen LogP contribution >= 0.6 is 0 Å². The van der Waals surface area contributed by atoms with Crippen molar-refractivity contribution in [2.75, 3.05) is 0 Å². The van der Waals surface area contributed by atoms with Gasteiger partial charge < -0.3 is 9.84 Å². The minimum Gasteiger partial charge on any atom is -0.476 e. The number of nitrogens with zero attached hydrogens (tertiary/aromatic N) is 1. The van der Waals surface area contributed by atoms with Gasteiger partial charge in [0.05, 0.1) is 6.10 Å². The molecule has 1 rings (SSSR count). The van der Waals surface area contributed by atoms with Crippen LogP contribution in [-0.4, -0.2) is 11.2 Å². The third kappa shape index (κ3) is 2.97. The Morgan fingerprint density at radius 1 is 1.40 bits per heavy atom. The molecule has 0 fully saturated rings. The largest absolute Gasteiger partial charge is 0.476 e. The van der Waals surface area contributed by atoms with Crippen molar-refractivity contribution < 1.29 is 9.84 Å². The van der Waals surface area contributed by atoms with Gasteiger partial charge in [0.15, 0.2) is 6.10 Å². The van der Waals surface area contributed by atoms with Gasteiger partial charge in [0, 0.05) is 0 Å². The molecule has 3 nitrogen and oxygen atoms in total. The van der Waals surface area contributed by atoms with E-state index in [0.717, 1.165) is 11.1 Å². The van der Waals surface area contributed by atoms with Crippen molar-refractivity contribution in [1.82, 2.24) is 0 Å². The van der Waals surface area contributed by atoms with Crippen molar-refractivity contribution >= 4 is 0 Å². The van der Waals surface area contributed by atoms with Gasteiger partial charge in [-0.2, -0.15) is 5.26 Å². The predicted octanol–water partition coefficient (Wildman–Crippen LogP) is 2.34. The molecule has 1 aromatic rings. The Bertz CT molecular complexity index is 380. The zero-order valence-corrected chi connectivity index (χ0v) is 9.19. The summed E-state index contributed by atoms with van der Waals surface area (Å²) in [6.07, 6.45) is -0.938. The summed E-state index contributed by atoms with van der Waals surface area (Å²) in [5, 5.41) is 18.0. The maximum Gasteiger partial charge on any atom is 0.181 e. The van der Waals surface area contributed by atoms with E-state index in [2.05, 4.69) is 0 Å². The highest BCUT2D eigenvalue weighted by molar-refractivity contribution is 5.37. The number of hydrogen-bond donors (Lipinski definition) is 1. The summed E-state index contributed by atoms with van der Waals surface area (Å²) in [4.78, 5) is 0. The van der Waals surface area contributed by atoms with Crippen LogP contribution in [0.15, 0.2) is 18.2 Å². The first-order valence-corrected chi connectivity index (χ1v) is 4.89. The Kier molecular flexibility index (Phi) is 3.70. The molecule has 0 bridgehead atoms. The molecule has 1 N–H and O–H groups in total. The van der Waals surface area contributed by atoms with Crippen LogP contribution < -0.4 is 4.74 Å². The maximum atomic E-state index is 9.37. The zero-order chi connectivity index (χ0) is 11.4. The first-order valence-electron chi connectivity index (χ1n) is 4.89. The first-order chi connectivity index (χ1) is 7.04. The van der Waals surface area contributed by atoms with Crippen molar-refractivity contribution in [1.29, 1.82) is 5.26 Å². The highest BCUT2D eigenvalue weighted by Gasteiger charge is 2.07. The van der Waals surface area contributed by atoms with Gasteiger partial charge in [0.25, 0.3) is 0 Å². The number of nitriles is 1. The monoisotopic (exact) mass is 205 g/mol. The van der Waals surface area contributed by atoms with E-state index >= 15 is 0 Å². The van der Waals surface area contributed by atoms with Crippen LogP contribution in [0.5, 0.6) is 5.75 Å². The summed E-state index contributed by atoms with van der Waals surface area (Å²) in [6.45, 7) is 5.31. The molecule has 0 aliphatic rings. The summed E-state index contributed by atoms with van der Waals surface area (Å²) in [5.41, 5.74) is 1.78. The first kappa shape index (κ1) is 11.5. The normalized spacial score (nSPS) is 14.1. The maximum absolute atomic E-state index is 9.37. The number of aliphatic hydroxyl groups is 1. The van der Waals surface area contributed by atoms with Crippen LogP contribution in [0.2, 0.25) is 0 Å². The van der Waals surface area contributed by atoms with Crippen molar-refractivity contribution in [3.8, 4) is 11.8 Å². The van der Waals surface area contributed by atoms with Gasteiger partial charge in [-0.05, 0) is 44.0 Å². The lowest BCUT2D eigenvalue weighted by Crippen LogP contribution is -2.09. The summed E-state index contributed by atoms with van der Waals surface area (Å²) >= 11 is 0. The lowest BCUT2D eigenvalue weighted by atomic mass is 10.1. The molecule has 0 saturated carbocycles. The topological polar surface area (TPSA) is 53.2 Å². The number of ether oxygens (including phenoxy) is 1. The highest BCUT2D eigenvalue weighted by Crippen LogP contribution is 2.23. The number of rotatable bonds is 3. The molecular weight excluding hydrogens is 190 g/mol. The lowest BCUT2D eigenvalue weighted by Gasteiger charge is -2.12. The third-order valence-electron chi connectivity index (χ3n) is 2.17. The van der Waals surface area contributed by atoms with Gasteiger partial charge in [-0.25, -0.2) is 0 Å². The molecule has 0 radical (unpaired) electrons. The number of hydrogen-bond acceptors (Lipinski definition) is 3. The number of aryl methyl sites for hydroxylation is 1. The molecule has 15 heavy (non-hydrogen) atoms. The van der Waals surface area contributed by atoms with Crippen molar-refractivity contribution in [3.05, 3.63) is 29.3 Å². The van der Waals surface area contributed by atoms with Crippen LogP contribution in [0.25, 0.3) is 0 Å². The van der Waals surface area contributed by atoms with E-state index in [0.29, 0.717) is 5.75 Å². The second-order valence-electron chi connectivity index (χ2n) is 3.59. The van der Waals surface area contributed by atoms with Crippen molar-refractivity contribution in [3.63, 3.8) is 0 Å². The third-order valence-corrected chi connectivity index (χ3v) is 2.17. The predicted molar refractivity (Wildman–Crippen MR) is 57.5 cm³/mol. The smallest absolute Gasteiger partial charge is 0.181 e. The fourth-order valence-electron chi connectivity index (χ4n) is 1.28. The molecule has 2 atom stereocenters. The van der Waals surface area contributed by atoms with Crippen LogP contribution in [-0.2, 0) is 0 Å². The Hall–Kier alpha value is -1.53. The van der Waals surface area contributed by atoms with E-state index in [1.165, 1.54) is 0 Å². The molecule has 0 amide bonds. The van der Waals surface area contributed by atoms with E-state index in [-0.39, 0.29) is 0 Å². The molecule has 0 aromatic heterocycles. The van der Waals surface area contributed by atoms with Gasteiger partial charge in [0.2, 0.25) is 0 Å². The number of benzene rings is 1. The molecule has 80 valence electrons. The summed E-state index contributed by atoms with van der Waals surface area (Å²) in [5.74, 6) is 0.688. The Morgan fingerprint density at radius 3 is 2.53 bits per heavy atom. The van der Waals surface area contributed by atoms with E-state index in [1.54, 1.807) is 26.0 Å². The van der Waals surface area contributed by atoms with Gasteiger partial charge in [-0.1, -0.05) is 6.07 Å². The molecule has 2 unspecified atom stereocenters. The van der Waals surface area contributed by atoms with Crippen molar-refractivity contribution in [2.45, 2.75) is 33.0 Å². The van der Waals surface area contributed by atoms with E-state index in [4.69, 9.17) is 10.00 Å². The Balaban J connectivity index is 2.89. The van der Waals surface area contributed by atoms with Crippen molar-refractivity contribution in [2.24, 2.45) is 0 Å². The van der Waals surface area contributed by atoms with Crippen LogP contribution in [0.1, 0.15) is 31.1 Å². The lowest BCUT2D eigenvalue weighted by molar-refractivity contribution is 0.199. The van der Waals surface area contributed by atoms with Crippen LogP contribution in [0, 0.1) is 18.3 Å². The molecule has 0 heterocycles. The van der Waals surface area contributed by atoms with Gasteiger partial charge in [-0.3, -0.25) is 0 Å². The molecule has 3 heteroatoms. The quantitative estimate of drug-likeness (QED) is 0.824. The average Bonchev–Trinajstić information content (AvgIpc) is 2.20. The fourth-order valence-corrected chi connectivity index (χ4v) is 1.28. The zero-order valence-electron chi connectivity index (χ0n) is 9.19. The summed E-state index contributed by atoms with van der Waals surface area (Å²) in [6, 6.07) is 7.46. The molecule has 0 aliphatic carbocycles. The second-order valence-corrected chi connectivity index (χ2v) is 3.59. The molecule has 1 aromatic carbocycles. The van der Waals surface area contributed by atoms with E-state index in [1.807, 2.05) is 19.1 Å². The molecule has 0 aliphatic heterocycles. The molecule has 0 saturated heterocycles. The van der Waals surface area contributed by atoms with Gasteiger partial charge in [0.1, 0.15) is 11.8 Å². The summed E-state index contributed by atoms with van der Waals surface area (Å²) in [7, 11) is 0. The summed E-state index contributed by atoms with van der Waals surface area (Å²) < 4.78 is 5.39. The van der Waals surface area contributed by atoms with Gasteiger partial charge >= 0.3 is 0 Å². The van der Waals surface area contributed by atoms with E-state index < -0.39 is 12.2 Å². The van der Waals surface area contributed by atoms with Crippen LogP contribution in [0.4, 0.5) is 0 Å². The Labute approximate surface area is 89.9 Å². The Morgan fingerprint density at radius 2 is 2.07 bits per heavy atom. The van der Waals surface area contributed by atoms with Gasteiger partial charge in [-0.15, -0.1) is 0 Å². The van der Waals surface area contributed by atoms with Crippen LogP contribution in [0.3, 0.4) is 0 Å². The highest BCUT2D eigenvalue weighted by atomic mass is 16.5. The fraction of sp³-hybridized carbons (Fsp3) is 0.417. The van der Waals surface area contributed by atoms with E-state index in [9.17, 15) is 5.11 Å². The number of aliphatic hydroxyl groups excluding tert-OH is 1.